The lowest BCUT2D eigenvalue weighted by Gasteiger charge is -2.31. The highest BCUT2D eigenvalue weighted by atomic mass is 16.4. The molecule has 0 spiro atoms. The van der Waals surface area contributed by atoms with E-state index < -0.39 is 17.4 Å². The van der Waals surface area contributed by atoms with E-state index in [1.54, 1.807) is 25.9 Å². The van der Waals surface area contributed by atoms with Crippen molar-refractivity contribution in [3.8, 4) is 0 Å². The summed E-state index contributed by atoms with van der Waals surface area (Å²) in [5.41, 5.74) is 3.84. The Kier molecular flexibility index (Phi) is 8.39. The fourth-order valence-electron chi connectivity index (χ4n) is 1.01. The predicted octanol–water partition coefficient (Wildman–Crippen LogP) is 0.849. The van der Waals surface area contributed by atoms with Gasteiger partial charge in [-0.3, -0.25) is 14.5 Å². The molecule has 0 aromatic heterocycles. The number of rotatable bonds is 5. The van der Waals surface area contributed by atoms with Gasteiger partial charge in [0.15, 0.2) is 0 Å². The summed E-state index contributed by atoms with van der Waals surface area (Å²) in [4.78, 5) is 22.0. The van der Waals surface area contributed by atoms with E-state index in [1.807, 2.05) is 6.92 Å². The number of nitrogens with zero attached hydrogens (tertiary/aromatic N) is 1. The number of hydrogen-bond acceptors (Lipinski definition) is 3. The molecule has 5 nitrogen and oxygen atoms in total. The maximum atomic E-state index is 10.8. The summed E-state index contributed by atoms with van der Waals surface area (Å²) in [5, 5.41) is 8.89. The molecule has 1 atom stereocenters. The fraction of sp³-hybridized carbons (Fsp3) is 0.636. The smallest absolute Gasteiger partial charge is 0.323 e. The van der Waals surface area contributed by atoms with Gasteiger partial charge in [-0.1, -0.05) is 19.9 Å². The Morgan fingerprint density at radius 1 is 1.50 bits per heavy atom. The first-order valence-electron chi connectivity index (χ1n) is 5.05. The second kappa shape index (κ2) is 7.87. The molecule has 0 radical (unpaired) electrons. The average Bonchev–Trinajstić information content (AvgIpc) is 2.18. The van der Waals surface area contributed by atoms with Crippen molar-refractivity contribution in [1.82, 2.24) is 4.90 Å². The molecule has 0 bridgehead atoms. The summed E-state index contributed by atoms with van der Waals surface area (Å²) in [6, 6.07) is 0. The third-order valence-electron chi connectivity index (χ3n) is 2.39. The van der Waals surface area contributed by atoms with Gasteiger partial charge in [0.05, 0.1) is 0 Å². The van der Waals surface area contributed by atoms with E-state index in [4.69, 9.17) is 5.11 Å². The van der Waals surface area contributed by atoms with Gasteiger partial charge in [-0.2, -0.15) is 0 Å². The molecule has 3 N–H and O–H groups in total. The molecule has 0 saturated carbocycles. The summed E-state index contributed by atoms with van der Waals surface area (Å²) in [6.45, 7) is 6.83. The van der Waals surface area contributed by atoms with Crippen LogP contribution < -0.4 is 5.73 Å². The summed E-state index contributed by atoms with van der Waals surface area (Å²) < 4.78 is 0. The van der Waals surface area contributed by atoms with Crippen molar-refractivity contribution in [1.29, 1.82) is 0 Å². The highest BCUT2D eigenvalue weighted by Crippen LogP contribution is 2.18. The minimum atomic E-state index is -0.746. The second-order valence-corrected chi connectivity index (χ2v) is 3.83. The van der Waals surface area contributed by atoms with Gasteiger partial charge in [0, 0.05) is 0 Å². The van der Waals surface area contributed by atoms with Gasteiger partial charge in [0.25, 0.3) is 0 Å². The van der Waals surface area contributed by atoms with Gasteiger partial charge in [0.2, 0.25) is 5.91 Å². The number of hydrogen-bond donors (Lipinski definition) is 2. The minimum absolute atomic E-state index is 0.481. The third kappa shape index (κ3) is 6.19. The zero-order valence-corrected chi connectivity index (χ0v) is 10.5. The van der Waals surface area contributed by atoms with Crippen molar-refractivity contribution in [3.63, 3.8) is 0 Å². The Hall–Kier alpha value is -1.36. The molecule has 1 unspecified atom stereocenters. The van der Waals surface area contributed by atoms with Gasteiger partial charge < -0.3 is 10.8 Å². The zero-order chi connectivity index (χ0) is 13.4. The fourth-order valence-corrected chi connectivity index (χ4v) is 1.01. The molecule has 0 aliphatic rings. The number of nitrogens with two attached hydrogens (primary N) is 1. The predicted molar refractivity (Wildman–Crippen MR) is 64.0 cm³/mol. The number of carbonyl (C=O) groups excluding carboxylic acids is 1. The Balaban J connectivity index is 0. The molecule has 0 fully saturated rings. The standard InChI is InChI=1S/C8H17NO2.C3H5NO/c1-5-6-8(2,7(10)11)9(3)4;1-2-3(4)5/h5-6H2,1-4H3,(H,10,11);2H,1H2,(H2,4,5). The van der Waals surface area contributed by atoms with Crippen molar-refractivity contribution in [2.24, 2.45) is 5.73 Å². The Morgan fingerprint density at radius 2 is 1.88 bits per heavy atom. The summed E-state index contributed by atoms with van der Waals surface area (Å²) in [7, 11) is 3.59. The van der Waals surface area contributed by atoms with Crippen molar-refractivity contribution in [3.05, 3.63) is 12.7 Å². The summed E-state index contributed by atoms with van der Waals surface area (Å²) in [6.07, 6.45) is 2.64. The monoisotopic (exact) mass is 230 g/mol. The van der Waals surface area contributed by atoms with E-state index in [0.29, 0.717) is 6.42 Å². The summed E-state index contributed by atoms with van der Waals surface area (Å²) >= 11 is 0. The molecule has 1 amide bonds. The van der Waals surface area contributed by atoms with Gasteiger partial charge in [-0.05, 0) is 33.5 Å². The molecular formula is C11H22N2O3. The van der Waals surface area contributed by atoms with E-state index in [-0.39, 0.29) is 0 Å². The Morgan fingerprint density at radius 3 is 1.94 bits per heavy atom. The van der Waals surface area contributed by atoms with Crippen LogP contribution >= 0.6 is 0 Å². The van der Waals surface area contributed by atoms with Gasteiger partial charge in [-0.15, -0.1) is 0 Å². The van der Waals surface area contributed by atoms with Crippen LogP contribution in [-0.4, -0.2) is 41.5 Å². The normalized spacial score (nSPS) is 13.3. The molecule has 0 aromatic rings. The molecule has 0 rings (SSSR count). The Labute approximate surface area is 96.9 Å². The first-order valence-corrected chi connectivity index (χ1v) is 5.05. The van der Waals surface area contributed by atoms with Crippen LogP contribution in [0, 0.1) is 0 Å². The van der Waals surface area contributed by atoms with Crippen LogP contribution in [-0.2, 0) is 9.59 Å². The molecule has 0 aliphatic carbocycles. The molecule has 0 heterocycles. The van der Waals surface area contributed by atoms with Gasteiger partial charge >= 0.3 is 5.97 Å². The lowest BCUT2D eigenvalue weighted by atomic mass is 9.95. The SMILES string of the molecule is C=CC(N)=O.CCCC(C)(C(=O)O)N(C)C. The van der Waals surface area contributed by atoms with E-state index in [2.05, 4.69) is 12.3 Å². The summed E-state index contributed by atoms with van der Waals surface area (Å²) in [5.74, 6) is -1.23. The van der Waals surface area contributed by atoms with Crippen LogP contribution in [0.3, 0.4) is 0 Å². The van der Waals surface area contributed by atoms with Crippen molar-refractivity contribution >= 4 is 11.9 Å². The van der Waals surface area contributed by atoms with Crippen LogP contribution in [0.1, 0.15) is 26.7 Å². The average molecular weight is 230 g/mol. The highest BCUT2D eigenvalue weighted by molar-refractivity contribution is 5.84. The van der Waals surface area contributed by atoms with E-state index >= 15 is 0 Å². The number of primary amides is 1. The van der Waals surface area contributed by atoms with Crippen molar-refractivity contribution in [2.75, 3.05) is 14.1 Å². The quantitative estimate of drug-likeness (QED) is 0.686. The first kappa shape index (κ1) is 17.0. The molecule has 5 heteroatoms. The van der Waals surface area contributed by atoms with E-state index in [9.17, 15) is 9.59 Å². The number of carbonyl (C=O) groups is 2. The van der Waals surface area contributed by atoms with E-state index in [0.717, 1.165) is 12.5 Å². The number of carboxylic acids is 1. The van der Waals surface area contributed by atoms with E-state index in [1.165, 1.54) is 0 Å². The lowest BCUT2D eigenvalue weighted by Crippen LogP contribution is -2.48. The van der Waals surface area contributed by atoms with Gasteiger partial charge in [-0.25, -0.2) is 0 Å². The maximum Gasteiger partial charge on any atom is 0.323 e. The molecule has 0 aliphatic heterocycles. The van der Waals surface area contributed by atoms with Crippen LogP contribution in [0.25, 0.3) is 0 Å². The number of amides is 1. The molecule has 94 valence electrons. The molecule has 0 saturated heterocycles. The first-order chi connectivity index (χ1) is 7.22. The third-order valence-corrected chi connectivity index (χ3v) is 2.39. The maximum absolute atomic E-state index is 10.8. The van der Waals surface area contributed by atoms with Crippen molar-refractivity contribution in [2.45, 2.75) is 32.2 Å². The van der Waals surface area contributed by atoms with Crippen molar-refractivity contribution < 1.29 is 14.7 Å². The molecule has 16 heavy (non-hydrogen) atoms. The van der Waals surface area contributed by atoms with Crippen LogP contribution in [0.2, 0.25) is 0 Å². The largest absolute Gasteiger partial charge is 0.480 e. The zero-order valence-electron chi connectivity index (χ0n) is 10.5. The Bertz CT molecular complexity index is 252. The molecule has 0 aromatic carbocycles. The number of carboxylic acid groups (broad SMARTS) is 1. The van der Waals surface area contributed by atoms with Crippen LogP contribution in [0.15, 0.2) is 12.7 Å². The van der Waals surface area contributed by atoms with Crippen LogP contribution in [0.5, 0.6) is 0 Å². The van der Waals surface area contributed by atoms with Gasteiger partial charge in [0.1, 0.15) is 5.54 Å². The lowest BCUT2D eigenvalue weighted by molar-refractivity contribution is -0.149. The highest BCUT2D eigenvalue weighted by Gasteiger charge is 2.34. The van der Waals surface area contributed by atoms with Crippen LogP contribution in [0.4, 0.5) is 0 Å². The molecular weight excluding hydrogens is 208 g/mol. The minimum Gasteiger partial charge on any atom is -0.480 e. The number of aliphatic carboxylic acids is 1. The second-order valence-electron chi connectivity index (χ2n) is 3.83. The topological polar surface area (TPSA) is 83.6 Å². The number of likely N-dealkylation sites (N-methyl/N-ethyl adjacent to an activating group) is 1.